The van der Waals surface area contributed by atoms with E-state index >= 15 is 0 Å². The third-order valence-electron chi connectivity index (χ3n) is 2.85. The smallest absolute Gasteiger partial charge is 0.335 e. The Morgan fingerprint density at radius 2 is 2.10 bits per heavy atom. The van der Waals surface area contributed by atoms with Gasteiger partial charge >= 0.3 is 5.97 Å². The second-order valence-corrected chi connectivity index (χ2v) is 4.66. The molecule has 0 atom stereocenters. The summed E-state index contributed by atoms with van der Waals surface area (Å²) >= 11 is 5.82. The average Bonchev–Trinajstić information content (AvgIpc) is 2.40. The minimum atomic E-state index is -0.984. The van der Waals surface area contributed by atoms with E-state index in [9.17, 15) is 9.18 Å². The highest BCUT2D eigenvalue weighted by atomic mass is 35.5. The summed E-state index contributed by atoms with van der Waals surface area (Å²) in [6.45, 7) is 1.80. The number of carbonyl (C=O) groups is 1. The first-order chi connectivity index (χ1) is 9.49. The molecule has 2 aromatic carbocycles. The van der Waals surface area contributed by atoms with Crippen molar-refractivity contribution in [2.45, 2.75) is 13.5 Å². The van der Waals surface area contributed by atoms with Crippen molar-refractivity contribution < 1.29 is 19.0 Å². The van der Waals surface area contributed by atoms with Crippen molar-refractivity contribution in [3.63, 3.8) is 0 Å². The third-order valence-corrected chi connectivity index (χ3v) is 3.28. The number of halogens is 2. The van der Waals surface area contributed by atoms with Gasteiger partial charge in [-0.05, 0) is 36.8 Å². The lowest BCUT2D eigenvalue weighted by atomic mass is 10.1. The second-order valence-electron chi connectivity index (χ2n) is 4.28. The topological polar surface area (TPSA) is 46.5 Å². The van der Waals surface area contributed by atoms with Gasteiger partial charge in [0.15, 0.2) is 0 Å². The molecule has 0 amide bonds. The molecule has 0 aliphatic rings. The molecule has 0 heterocycles. The molecule has 0 fully saturated rings. The highest BCUT2D eigenvalue weighted by Gasteiger charge is 2.09. The van der Waals surface area contributed by atoms with Crippen molar-refractivity contribution in [1.29, 1.82) is 0 Å². The molecule has 5 heteroatoms. The molecule has 0 bridgehead atoms. The van der Waals surface area contributed by atoms with E-state index in [4.69, 9.17) is 21.4 Å². The van der Waals surface area contributed by atoms with E-state index in [1.165, 1.54) is 12.1 Å². The predicted molar refractivity (Wildman–Crippen MR) is 73.9 cm³/mol. The van der Waals surface area contributed by atoms with Crippen molar-refractivity contribution >= 4 is 17.6 Å². The Balaban J connectivity index is 2.13. The zero-order valence-corrected chi connectivity index (χ0v) is 11.4. The number of ether oxygens (including phenoxy) is 1. The molecule has 3 nitrogen and oxygen atoms in total. The van der Waals surface area contributed by atoms with Crippen molar-refractivity contribution in [2.24, 2.45) is 0 Å². The van der Waals surface area contributed by atoms with Gasteiger partial charge in [-0.3, -0.25) is 0 Å². The number of benzene rings is 2. The molecular formula is C15H12ClFO3. The SMILES string of the molecule is Cc1cc(OCc2cccc(F)c2Cl)ccc1C(=O)O. The van der Waals surface area contributed by atoms with E-state index in [0.29, 0.717) is 16.9 Å². The highest BCUT2D eigenvalue weighted by Crippen LogP contribution is 2.23. The standard InChI is InChI=1S/C15H12ClFO3/c1-9-7-11(5-6-12(9)15(18)19)20-8-10-3-2-4-13(17)14(10)16/h2-7H,8H2,1H3,(H,18,19). The predicted octanol–water partition coefficient (Wildman–Crippen LogP) is 4.06. The molecule has 2 rings (SSSR count). The number of hydrogen-bond acceptors (Lipinski definition) is 2. The van der Waals surface area contributed by atoms with Crippen LogP contribution in [0.25, 0.3) is 0 Å². The maximum atomic E-state index is 13.3. The summed E-state index contributed by atoms with van der Waals surface area (Å²) in [6.07, 6.45) is 0. The third kappa shape index (κ3) is 3.08. The van der Waals surface area contributed by atoms with Crippen LogP contribution in [0.5, 0.6) is 5.75 Å². The molecule has 2 aromatic rings. The molecule has 0 aliphatic carbocycles. The molecule has 0 unspecified atom stereocenters. The van der Waals surface area contributed by atoms with Crippen molar-refractivity contribution in [1.82, 2.24) is 0 Å². The van der Waals surface area contributed by atoms with E-state index in [1.807, 2.05) is 0 Å². The van der Waals surface area contributed by atoms with Crippen LogP contribution in [0.4, 0.5) is 4.39 Å². The largest absolute Gasteiger partial charge is 0.489 e. The van der Waals surface area contributed by atoms with Gasteiger partial charge in [0.2, 0.25) is 0 Å². The van der Waals surface area contributed by atoms with Crippen LogP contribution in [0.3, 0.4) is 0 Å². The summed E-state index contributed by atoms with van der Waals surface area (Å²) in [5.74, 6) is -0.972. The highest BCUT2D eigenvalue weighted by molar-refractivity contribution is 6.31. The summed E-state index contributed by atoms with van der Waals surface area (Å²) in [5.41, 5.74) is 1.35. The molecule has 0 aromatic heterocycles. The van der Waals surface area contributed by atoms with Crippen LogP contribution in [0, 0.1) is 12.7 Å². The van der Waals surface area contributed by atoms with Crippen LogP contribution in [0.15, 0.2) is 36.4 Å². The Labute approximate surface area is 120 Å². The molecule has 0 saturated carbocycles. The molecular weight excluding hydrogens is 283 g/mol. The normalized spacial score (nSPS) is 10.3. The van der Waals surface area contributed by atoms with E-state index in [2.05, 4.69) is 0 Å². The maximum absolute atomic E-state index is 13.3. The Hall–Kier alpha value is -2.07. The minimum absolute atomic E-state index is 0.0337. The van der Waals surface area contributed by atoms with E-state index in [0.717, 1.165) is 0 Å². The monoisotopic (exact) mass is 294 g/mol. The molecule has 0 saturated heterocycles. The Morgan fingerprint density at radius 3 is 2.75 bits per heavy atom. The molecule has 1 N–H and O–H groups in total. The van der Waals surface area contributed by atoms with Gasteiger partial charge < -0.3 is 9.84 Å². The number of carboxylic acid groups (broad SMARTS) is 1. The number of aromatic carboxylic acids is 1. The van der Waals surface area contributed by atoms with Gasteiger partial charge in [-0.2, -0.15) is 0 Å². The number of carboxylic acids is 1. The van der Waals surface area contributed by atoms with Crippen LogP contribution in [0.1, 0.15) is 21.5 Å². The van der Waals surface area contributed by atoms with Gasteiger partial charge in [-0.1, -0.05) is 23.7 Å². The lowest BCUT2D eigenvalue weighted by Gasteiger charge is -2.10. The molecule has 0 spiro atoms. The maximum Gasteiger partial charge on any atom is 0.335 e. The van der Waals surface area contributed by atoms with Gasteiger partial charge in [-0.15, -0.1) is 0 Å². The van der Waals surface area contributed by atoms with Gasteiger partial charge in [0.25, 0.3) is 0 Å². The summed E-state index contributed by atoms with van der Waals surface area (Å²) in [6, 6.07) is 9.15. The molecule has 104 valence electrons. The van der Waals surface area contributed by atoms with E-state index in [1.54, 1.807) is 31.2 Å². The van der Waals surface area contributed by atoms with Crippen molar-refractivity contribution in [3.8, 4) is 5.75 Å². The first-order valence-corrected chi connectivity index (χ1v) is 6.26. The molecule has 0 aliphatic heterocycles. The second kappa shape index (κ2) is 5.92. The van der Waals surface area contributed by atoms with E-state index in [-0.39, 0.29) is 17.2 Å². The summed E-state index contributed by atoms with van der Waals surface area (Å²) in [4.78, 5) is 10.9. The fraction of sp³-hybridized carbons (Fsp3) is 0.133. The first-order valence-electron chi connectivity index (χ1n) is 5.88. The number of hydrogen-bond donors (Lipinski definition) is 1. The quantitative estimate of drug-likeness (QED) is 0.925. The summed E-state index contributed by atoms with van der Waals surface area (Å²) in [7, 11) is 0. The van der Waals surface area contributed by atoms with Crippen molar-refractivity contribution in [2.75, 3.05) is 0 Å². The van der Waals surface area contributed by atoms with Crippen molar-refractivity contribution in [3.05, 3.63) is 63.9 Å². The van der Waals surface area contributed by atoms with Crippen LogP contribution in [0.2, 0.25) is 5.02 Å². The Kier molecular flexibility index (Phi) is 4.25. The van der Waals surface area contributed by atoms with Gasteiger partial charge in [0.1, 0.15) is 18.2 Å². The van der Waals surface area contributed by atoms with Crippen LogP contribution >= 0.6 is 11.6 Å². The molecule has 20 heavy (non-hydrogen) atoms. The lowest BCUT2D eigenvalue weighted by molar-refractivity contribution is 0.0696. The first kappa shape index (κ1) is 14.3. The minimum Gasteiger partial charge on any atom is -0.489 e. The Bertz CT molecular complexity index is 656. The van der Waals surface area contributed by atoms with E-state index < -0.39 is 11.8 Å². The fourth-order valence-corrected chi connectivity index (χ4v) is 1.97. The fourth-order valence-electron chi connectivity index (χ4n) is 1.79. The summed E-state index contributed by atoms with van der Waals surface area (Å²) < 4.78 is 18.8. The zero-order chi connectivity index (χ0) is 14.7. The summed E-state index contributed by atoms with van der Waals surface area (Å²) in [5, 5.41) is 8.97. The number of rotatable bonds is 4. The van der Waals surface area contributed by atoms with Crippen LogP contribution < -0.4 is 4.74 Å². The average molecular weight is 295 g/mol. The Morgan fingerprint density at radius 1 is 1.35 bits per heavy atom. The zero-order valence-electron chi connectivity index (χ0n) is 10.7. The van der Waals surface area contributed by atoms with Gasteiger partial charge in [0, 0.05) is 5.56 Å². The number of aryl methyl sites for hydroxylation is 1. The van der Waals surface area contributed by atoms with Crippen LogP contribution in [-0.4, -0.2) is 11.1 Å². The van der Waals surface area contributed by atoms with Gasteiger partial charge in [0.05, 0.1) is 10.6 Å². The van der Waals surface area contributed by atoms with Gasteiger partial charge in [-0.25, -0.2) is 9.18 Å². The lowest BCUT2D eigenvalue weighted by Crippen LogP contribution is -2.01. The van der Waals surface area contributed by atoms with Crippen LogP contribution in [-0.2, 0) is 6.61 Å². The molecule has 0 radical (unpaired) electrons.